The van der Waals surface area contributed by atoms with Gasteiger partial charge in [-0.2, -0.15) is 0 Å². The number of morpholine rings is 1. The first-order valence-corrected chi connectivity index (χ1v) is 11.7. The smallest absolute Gasteiger partial charge is 0.225 e. The van der Waals surface area contributed by atoms with Crippen LogP contribution in [0.3, 0.4) is 0 Å². The molecular weight excluding hydrogens is 453 g/mol. The van der Waals surface area contributed by atoms with Crippen LogP contribution < -0.4 is 10.6 Å². The average Bonchev–Trinajstić information content (AvgIpc) is 2.83. The molecule has 2 atom stereocenters. The summed E-state index contributed by atoms with van der Waals surface area (Å²) < 4.78 is 47.5. The summed E-state index contributed by atoms with van der Waals surface area (Å²) in [5, 5.41) is 6.09. The number of hydrogen-bond donors (Lipinski definition) is 2. The van der Waals surface area contributed by atoms with E-state index < -0.39 is 11.7 Å². The molecule has 1 fully saturated rings. The Bertz CT molecular complexity index is 1090. The first-order valence-electron chi connectivity index (χ1n) is 11.7. The molecule has 7 heteroatoms. The van der Waals surface area contributed by atoms with Gasteiger partial charge in [0, 0.05) is 36.7 Å². The van der Waals surface area contributed by atoms with E-state index in [4.69, 9.17) is 4.74 Å². The van der Waals surface area contributed by atoms with Crippen molar-refractivity contribution in [1.82, 2.24) is 5.32 Å². The van der Waals surface area contributed by atoms with E-state index in [2.05, 4.69) is 17.6 Å². The molecule has 0 aliphatic carbocycles. The van der Waals surface area contributed by atoms with Gasteiger partial charge in [0.15, 0.2) is 0 Å². The van der Waals surface area contributed by atoms with Crippen molar-refractivity contribution >= 4 is 11.6 Å². The van der Waals surface area contributed by atoms with Gasteiger partial charge in [0.25, 0.3) is 0 Å². The topological polar surface area (TPSA) is 50.4 Å². The predicted molar refractivity (Wildman–Crippen MR) is 129 cm³/mol. The molecule has 2 N–H and O–H groups in total. The third-order valence-electron chi connectivity index (χ3n) is 6.17. The van der Waals surface area contributed by atoms with Crippen molar-refractivity contribution < 1.29 is 22.7 Å². The van der Waals surface area contributed by atoms with E-state index >= 15 is 0 Å². The van der Waals surface area contributed by atoms with Crippen LogP contribution in [0, 0.1) is 24.4 Å². The van der Waals surface area contributed by atoms with Crippen molar-refractivity contribution in [3.63, 3.8) is 0 Å². The van der Waals surface area contributed by atoms with Crippen LogP contribution >= 0.6 is 0 Å². The molecule has 0 spiro atoms. The molecule has 1 heterocycles. The highest BCUT2D eigenvalue weighted by Crippen LogP contribution is 2.30. The summed E-state index contributed by atoms with van der Waals surface area (Å²) in [7, 11) is 0. The second-order valence-corrected chi connectivity index (χ2v) is 8.75. The Hall–Kier alpha value is -3.16. The van der Waals surface area contributed by atoms with Crippen LogP contribution in [0.15, 0.2) is 66.7 Å². The van der Waals surface area contributed by atoms with Gasteiger partial charge in [-0.05, 0) is 67.3 Å². The Morgan fingerprint density at radius 3 is 2.20 bits per heavy atom. The molecule has 1 aliphatic rings. The minimum absolute atomic E-state index is 0.0199. The molecule has 3 aromatic rings. The van der Waals surface area contributed by atoms with Crippen molar-refractivity contribution in [3.05, 3.63) is 108 Å². The fraction of sp³-hybridized carbons (Fsp3) is 0.286. The van der Waals surface area contributed by atoms with Crippen molar-refractivity contribution in [2.24, 2.45) is 0 Å². The Morgan fingerprint density at radius 2 is 1.60 bits per heavy atom. The van der Waals surface area contributed by atoms with E-state index in [1.54, 1.807) is 36.4 Å². The number of rotatable bonds is 8. The lowest BCUT2D eigenvalue weighted by Crippen LogP contribution is -2.43. The summed E-state index contributed by atoms with van der Waals surface area (Å²) in [6.07, 6.45) is 0.753. The normalized spacial score (nSPS) is 18.0. The molecule has 0 saturated carbocycles. The number of hydrogen-bond acceptors (Lipinski definition) is 3. The van der Waals surface area contributed by atoms with Crippen LogP contribution in [0.5, 0.6) is 0 Å². The van der Waals surface area contributed by atoms with Crippen LogP contribution in [0.1, 0.15) is 35.4 Å². The number of ether oxygens (including phenoxy) is 1. The monoisotopic (exact) mass is 481 g/mol. The number of amides is 1. The van der Waals surface area contributed by atoms with Crippen LogP contribution in [-0.4, -0.2) is 31.2 Å². The standard InChI is InChI=1S/C28H28F3N2O2/c1-18-16-32-17-23(35-18)13-14-24-26(31)3-2-4-27(24)33-28(34)15-25(19-5-9-21(29)10-6-19)20-7-11-22(30)12-8-20/h2-12,18,23,25,32H,1,13-17H2,(H,33,34)/t18-,23+/m0/s1. The molecule has 3 aromatic carbocycles. The van der Waals surface area contributed by atoms with Crippen molar-refractivity contribution in [2.75, 3.05) is 18.4 Å². The molecule has 0 aromatic heterocycles. The second-order valence-electron chi connectivity index (χ2n) is 8.75. The van der Waals surface area contributed by atoms with Crippen LogP contribution in [0.2, 0.25) is 0 Å². The number of benzene rings is 3. The maximum Gasteiger partial charge on any atom is 0.225 e. The van der Waals surface area contributed by atoms with Gasteiger partial charge in [0.1, 0.15) is 17.5 Å². The highest BCUT2D eigenvalue weighted by Gasteiger charge is 2.22. The lowest BCUT2D eigenvalue weighted by molar-refractivity contribution is -0.116. The molecule has 1 aliphatic heterocycles. The molecule has 1 radical (unpaired) electrons. The number of anilines is 1. The van der Waals surface area contributed by atoms with Gasteiger partial charge < -0.3 is 15.4 Å². The Balaban J connectivity index is 1.50. The predicted octanol–water partition coefficient (Wildman–Crippen LogP) is 5.39. The first-order chi connectivity index (χ1) is 16.9. The molecule has 183 valence electrons. The van der Waals surface area contributed by atoms with E-state index in [1.807, 2.05) is 0 Å². The molecule has 0 bridgehead atoms. The fourth-order valence-corrected chi connectivity index (χ4v) is 4.38. The maximum atomic E-state index is 14.7. The molecule has 1 amide bonds. The zero-order valence-electron chi connectivity index (χ0n) is 19.3. The van der Waals surface area contributed by atoms with Crippen molar-refractivity contribution in [1.29, 1.82) is 0 Å². The van der Waals surface area contributed by atoms with E-state index in [9.17, 15) is 18.0 Å². The number of halogens is 3. The second kappa shape index (κ2) is 11.5. The SMILES string of the molecule is [CH2][C@H]1CNC[C@@H](CCc2c(F)cccc2NC(=O)CC(c2ccc(F)cc2)c2ccc(F)cc2)O1. The largest absolute Gasteiger partial charge is 0.372 e. The Kier molecular flexibility index (Phi) is 8.21. The van der Waals surface area contributed by atoms with Gasteiger partial charge in [0.2, 0.25) is 5.91 Å². The van der Waals surface area contributed by atoms with E-state index in [-0.39, 0.29) is 36.2 Å². The van der Waals surface area contributed by atoms with E-state index in [1.165, 1.54) is 30.3 Å². The lowest BCUT2D eigenvalue weighted by atomic mass is 9.88. The highest BCUT2D eigenvalue weighted by atomic mass is 19.1. The van der Waals surface area contributed by atoms with Crippen molar-refractivity contribution in [3.8, 4) is 0 Å². The van der Waals surface area contributed by atoms with Crippen LogP contribution in [-0.2, 0) is 16.0 Å². The van der Waals surface area contributed by atoms with Gasteiger partial charge in [-0.15, -0.1) is 0 Å². The highest BCUT2D eigenvalue weighted by molar-refractivity contribution is 5.92. The average molecular weight is 482 g/mol. The third-order valence-corrected chi connectivity index (χ3v) is 6.17. The van der Waals surface area contributed by atoms with Gasteiger partial charge in [-0.25, -0.2) is 13.2 Å². The summed E-state index contributed by atoms with van der Waals surface area (Å²) in [6, 6.07) is 16.3. The lowest BCUT2D eigenvalue weighted by Gasteiger charge is -2.29. The number of nitrogens with one attached hydrogen (secondary N) is 2. The third kappa shape index (κ3) is 6.71. The summed E-state index contributed by atoms with van der Waals surface area (Å²) in [4.78, 5) is 13.1. The number of carbonyl (C=O) groups is 1. The minimum atomic E-state index is -0.427. The van der Waals surface area contributed by atoms with E-state index in [0.717, 1.165) is 11.1 Å². The van der Waals surface area contributed by atoms with Crippen LogP contribution in [0.25, 0.3) is 0 Å². The molecular formula is C28H28F3N2O2. The number of carbonyl (C=O) groups excluding carboxylic acids is 1. The summed E-state index contributed by atoms with van der Waals surface area (Å²) in [5.41, 5.74) is 2.26. The molecule has 4 rings (SSSR count). The Morgan fingerprint density at radius 1 is 0.971 bits per heavy atom. The summed E-state index contributed by atoms with van der Waals surface area (Å²) in [6.45, 7) is 5.25. The zero-order chi connectivity index (χ0) is 24.8. The Labute approximate surface area is 203 Å². The van der Waals surface area contributed by atoms with Gasteiger partial charge >= 0.3 is 0 Å². The zero-order valence-corrected chi connectivity index (χ0v) is 19.3. The summed E-state index contributed by atoms with van der Waals surface area (Å²) in [5.74, 6) is -1.93. The van der Waals surface area contributed by atoms with Crippen LogP contribution in [0.4, 0.5) is 18.9 Å². The van der Waals surface area contributed by atoms with Gasteiger partial charge in [-0.3, -0.25) is 4.79 Å². The van der Waals surface area contributed by atoms with E-state index in [0.29, 0.717) is 37.2 Å². The fourth-order valence-electron chi connectivity index (χ4n) is 4.38. The molecule has 0 unspecified atom stereocenters. The van der Waals surface area contributed by atoms with Gasteiger partial charge in [0.05, 0.1) is 12.2 Å². The minimum Gasteiger partial charge on any atom is -0.372 e. The molecule has 1 saturated heterocycles. The van der Waals surface area contributed by atoms with Crippen molar-refractivity contribution in [2.45, 2.75) is 37.4 Å². The quantitative estimate of drug-likeness (QED) is 0.454. The first kappa shape index (κ1) is 24.9. The maximum absolute atomic E-state index is 14.7. The molecule has 35 heavy (non-hydrogen) atoms. The van der Waals surface area contributed by atoms with Gasteiger partial charge in [-0.1, -0.05) is 30.3 Å². The summed E-state index contributed by atoms with van der Waals surface area (Å²) >= 11 is 0. The molecule has 4 nitrogen and oxygen atoms in total.